The van der Waals surface area contributed by atoms with E-state index >= 15 is 0 Å². The maximum atomic E-state index is 11.3. The SMILES string of the molecule is Cc1occc1SCc1cccc(C(=O)NN)n1. The number of hydrazine groups is 1. The van der Waals surface area contributed by atoms with Crippen LogP contribution in [0.2, 0.25) is 0 Å². The van der Waals surface area contributed by atoms with Crippen molar-refractivity contribution in [3.63, 3.8) is 0 Å². The quantitative estimate of drug-likeness (QED) is 0.381. The van der Waals surface area contributed by atoms with Gasteiger partial charge in [-0.2, -0.15) is 0 Å². The number of furan rings is 1. The fraction of sp³-hybridized carbons (Fsp3) is 0.167. The number of aryl methyl sites for hydroxylation is 1. The van der Waals surface area contributed by atoms with E-state index in [-0.39, 0.29) is 5.91 Å². The van der Waals surface area contributed by atoms with E-state index in [4.69, 9.17) is 10.3 Å². The van der Waals surface area contributed by atoms with Crippen LogP contribution < -0.4 is 11.3 Å². The molecule has 0 spiro atoms. The standard InChI is InChI=1S/C12H13N3O2S/c1-8-11(5-6-17-8)18-7-9-3-2-4-10(14-9)12(16)15-13/h2-6H,7,13H2,1H3,(H,15,16). The van der Waals surface area contributed by atoms with E-state index in [2.05, 4.69) is 10.4 Å². The van der Waals surface area contributed by atoms with Gasteiger partial charge in [0.25, 0.3) is 5.91 Å². The molecule has 0 aliphatic rings. The fourth-order valence-electron chi connectivity index (χ4n) is 1.44. The van der Waals surface area contributed by atoms with Crippen LogP contribution >= 0.6 is 11.8 Å². The van der Waals surface area contributed by atoms with Gasteiger partial charge < -0.3 is 4.42 Å². The zero-order valence-corrected chi connectivity index (χ0v) is 10.7. The van der Waals surface area contributed by atoms with E-state index in [1.54, 1.807) is 30.2 Å². The number of rotatable bonds is 4. The van der Waals surface area contributed by atoms with Crippen LogP contribution in [-0.2, 0) is 5.75 Å². The summed E-state index contributed by atoms with van der Waals surface area (Å²) in [6.07, 6.45) is 1.66. The zero-order chi connectivity index (χ0) is 13.0. The van der Waals surface area contributed by atoms with Crippen molar-refractivity contribution >= 4 is 17.7 Å². The number of amides is 1. The van der Waals surface area contributed by atoms with Gasteiger partial charge in [0.15, 0.2) is 0 Å². The van der Waals surface area contributed by atoms with Gasteiger partial charge in [-0.05, 0) is 25.1 Å². The van der Waals surface area contributed by atoms with Crippen molar-refractivity contribution in [1.82, 2.24) is 10.4 Å². The molecule has 2 heterocycles. The molecule has 1 amide bonds. The summed E-state index contributed by atoms with van der Waals surface area (Å²) in [7, 11) is 0. The monoisotopic (exact) mass is 263 g/mol. The summed E-state index contributed by atoms with van der Waals surface area (Å²) in [4.78, 5) is 16.6. The van der Waals surface area contributed by atoms with Gasteiger partial charge in [0.2, 0.25) is 0 Å². The summed E-state index contributed by atoms with van der Waals surface area (Å²) in [5.74, 6) is 6.24. The Hall–Kier alpha value is -1.79. The van der Waals surface area contributed by atoms with E-state index < -0.39 is 0 Å². The van der Waals surface area contributed by atoms with Gasteiger partial charge in [0.05, 0.1) is 12.0 Å². The first-order valence-electron chi connectivity index (χ1n) is 5.34. The Morgan fingerprint density at radius 1 is 1.50 bits per heavy atom. The highest BCUT2D eigenvalue weighted by molar-refractivity contribution is 7.98. The first kappa shape index (κ1) is 12.7. The molecule has 0 atom stereocenters. The van der Waals surface area contributed by atoms with Gasteiger partial charge >= 0.3 is 0 Å². The molecule has 2 aromatic heterocycles. The molecule has 0 saturated heterocycles. The Kier molecular flexibility index (Phi) is 4.01. The van der Waals surface area contributed by atoms with Crippen LogP contribution in [0.3, 0.4) is 0 Å². The molecule has 18 heavy (non-hydrogen) atoms. The second-order valence-corrected chi connectivity index (χ2v) is 4.63. The molecule has 0 radical (unpaired) electrons. The molecule has 0 aromatic carbocycles. The molecule has 0 bridgehead atoms. The first-order valence-corrected chi connectivity index (χ1v) is 6.33. The smallest absolute Gasteiger partial charge is 0.283 e. The molecule has 3 N–H and O–H groups in total. The molecule has 0 aliphatic carbocycles. The third kappa shape index (κ3) is 2.91. The number of nitrogen functional groups attached to an aromatic ring is 1. The second kappa shape index (κ2) is 5.70. The van der Waals surface area contributed by atoms with Gasteiger partial charge in [-0.25, -0.2) is 10.8 Å². The predicted molar refractivity (Wildman–Crippen MR) is 68.9 cm³/mol. The Labute approximate surface area is 109 Å². The lowest BCUT2D eigenvalue weighted by Crippen LogP contribution is -2.30. The van der Waals surface area contributed by atoms with Gasteiger partial charge in [0.1, 0.15) is 11.5 Å². The summed E-state index contributed by atoms with van der Waals surface area (Å²) >= 11 is 1.62. The highest BCUT2D eigenvalue weighted by Crippen LogP contribution is 2.25. The van der Waals surface area contributed by atoms with Crippen molar-refractivity contribution in [1.29, 1.82) is 0 Å². The molecular formula is C12H13N3O2S. The molecule has 94 valence electrons. The van der Waals surface area contributed by atoms with E-state index in [0.717, 1.165) is 16.3 Å². The number of carbonyl (C=O) groups excluding carboxylic acids is 1. The van der Waals surface area contributed by atoms with Crippen molar-refractivity contribution in [2.24, 2.45) is 5.84 Å². The largest absolute Gasteiger partial charge is 0.468 e. The van der Waals surface area contributed by atoms with Crippen LogP contribution in [0.4, 0.5) is 0 Å². The molecule has 0 aliphatic heterocycles. The Balaban J connectivity index is 2.06. The molecule has 2 aromatic rings. The molecule has 6 heteroatoms. The van der Waals surface area contributed by atoms with Crippen molar-refractivity contribution in [2.75, 3.05) is 0 Å². The van der Waals surface area contributed by atoms with E-state index in [1.807, 2.05) is 19.1 Å². The second-order valence-electron chi connectivity index (χ2n) is 3.62. The van der Waals surface area contributed by atoms with Crippen molar-refractivity contribution in [2.45, 2.75) is 17.6 Å². The molecule has 0 saturated carbocycles. The van der Waals surface area contributed by atoms with Gasteiger partial charge in [-0.1, -0.05) is 6.07 Å². The van der Waals surface area contributed by atoms with Gasteiger partial charge in [-0.15, -0.1) is 11.8 Å². The van der Waals surface area contributed by atoms with Crippen LogP contribution in [-0.4, -0.2) is 10.9 Å². The number of nitrogens with zero attached hydrogens (tertiary/aromatic N) is 1. The number of thioether (sulfide) groups is 1. The number of pyridine rings is 1. The number of aromatic nitrogens is 1. The maximum absolute atomic E-state index is 11.3. The summed E-state index contributed by atoms with van der Waals surface area (Å²) in [5, 5.41) is 0. The molecule has 2 rings (SSSR count). The van der Waals surface area contributed by atoms with Crippen molar-refractivity contribution < 1.29 is 9.21 Å². The maximum Gasteiger partial charge on any atom is 0.283 e. The normalized spacial score (nSPS) is 10.3. The average Bonchev–Trinajstić information content (AvgIpc) is 2.81. The van der Waals surface area contributed by atoms with E-state index in [1.165, 1.54) is 0 Å². The number of hydrogen-bond acceptors (Lipinski definition) is 5. The van der Waals surface area contributed by atoms with Crippen molar-refractivity contribution in [3.8, 4) is 0 Å². The highest BCUT2D eigenvalue weighted by Gasteiger charge is 2.07. The summed E-state index contributed by atoms with van der Waals surface area (Å²) < 4.78 is 5.21. The van der Waals surface area contributed by atoms with Crippen LogP contribution in [0.15, 0.2) is 39.8 Å². The minimum Gasteiger partial charge on any atom is -0.468 e. The van der Waals surface area contributed by atoms with E-state index in [0.29, 0.717) is 11.4 Å². The molecule has 0 fully saturated rings. The zero-order valence-electron chi connectivity index (χ0n) is 9.84. The van der Waals surface area contributed by atoms with Gasteiger partial charge in [0, 0.05) is 10.6 Å². The third-order valence-electron chi connectivity index (χ3n) is 2.36. The molecule has 5 nitrogen and oxygen atoms in total. The van der Waals surface area contributed by atoms with Crippen LogP contribution in [0, 0.1) is 6.92 Å². The lowest BCUT2D eigenvalue weighted by atomic mass is 10.3. The number of carbonyl (C=O) groups is 1. The fourth-order valence-corrected chi connectivity index (χ4v) is 2.30. The predicted octanol–water partition coefficient (Wildman–Crippen LogP) is 1.88. The lowest BCUT2D eigenvalue weighted by Gasteiger charge is -2.03. The summed E-state index contributed by atoms with van der Waals surface area (Å²) in [6, 6.07) is 7.20. The van der Waals surface area contributed by atoms with Crippen LogP contribution in [0.1, 0.15) is 21.9 Å². The van der Waals surface area contributed by atoms with Crippen LogP contribution in [0.5, 0.6) is 0 Å². The number of nitrogens with two attached hydrogens (primary N) is 1. The number of nitrogens with one attached hydrogen (secondary N) is 1. The topological polar surface area (TPSA) is 81.2 Å². The van der Waals surface area contributed by atoms with Gasteiger partial charge in [-0.3, -0.25) is 10.2 Å². The molecule has 0 unspecified atom stereocenters. The summed E-state index contributed by atoms with van der Waals surface area (Å²) in [5.41, 5.74) is 3.20. The minimum atomic E-state index is -0.388. The van der Waals surface area contributed by atoms with Crippen LogP contribution in [0.25, 0.3) is 0 Å². The summed E-state index contributed by atoms with van der Waals surface area (Å²) in [6.45, 7) is 1.91. The molecular weight excluding hydrogens is 250 g/mol. The lowest BCUT2D eigenvalue weighted by molar-refractivity contribution is 0.0948. The first-order chi connectivity index (χ1) is 8.70. The third-order valence-corrected chi connectivity index (χ3v) is 3.53. The average molecular weight is 263 g/mol. The number of hydrogen-bond donors (Lipinski definition) is 2. The minimum absolute atomic E-state index is 0.319. The highest BCUT2D eigenvalue weighted by atomic mass is 32.2. The Morgan fingerprint density at radius 2 is 2.33 bits per heavy atom. The van der Waals surface area contributed by atoms with E-state index in [9.17, 15) is 4.79 Å². The Bertz CT molecular complexity index is 554. The Morgan fingerprint density at radius 3 is 3.00 bits per heavy atom. The van der Waals surface area contributed by atoms with Crippen molar-refractivity contribution in [3.05, 3.63) is 47.7 Å².